The van der Waals surface area contributed by atoms with E-state index in [1.165, 1.54) is 0 Å². The van der Waals surface area contributed by atoms with Crippen LogP contribution in [0.25, 0.3) is 0 Å². The van der Waals surface area contributed by atoms with Crippen LogP contribution in [0.2, 0.25) is 0 Å². The Morgan fingerprint density at radius 1 is 1.14 bits per heavy atom. The number of amides is 2. The third-order valence-electron chi connectivity index (χ3n) is 3.43. The molecule has 0 aliphatic carbocycles. The molecule has 0 radical (unpaired) electrons. The van der Waals surface area contributed by atoms with Gasteiger partial charge in [0, 0.05) is 18.1 Å². The van der Waals surface area contributed by atoms with Crippen LogP contribution in [-0.2, 0) is 4.79 Å². The lowest BCUT2D eigenvalue weighted by atomic mass is 10.0. The third kappa shape index (κ3) is 5.30. The van der Waals surface area contributed by atoms with E-state index in [0.717, 1.165) is 0 Å². The summed E-state index contributed by atoms with van der Waals surface area (Å²) in [6, 6.07) is 4.33. The number of carbonyl (C=O) groups excluding carboxylic acids is 2. The van der Waals surface area contributed by atoms with E-state index >= 15 is 0 Å². The molecule has 1 aromatic rings. The van der Waals surface area contributed by atoms with Gasteiger partial charge >= 0.3 is 0 Å². The van der Waals surface area contributed by atoms with Crippen molar-refractivity contribution < 1.29 is 9.59 Å². The van der Waals surface area contributed by atoms with Crippen LogP contribution in [0.5, 0.6) is 0 Å². The van der Waals surface area contributed by atoms with Crippen molar-refractivity contribution in [2.24, 2.45) is 11.8 Å². The highest BCUT2D eigenvalue weighted by Crippen LogP contribution is 2.08. The second kappa shape index (κ2) is 8.73. The maximum atomic E-state index is 12.4. The Bertz CT molecular complexity index is 491. The number of nitrogens with zero attached hydrogens (tertiary/aromatic N) is 1. The van der Waals surface area contributed by atoms with Crippen molar-refractivity contribution in [3.8, 4) is 0 Å². The number of carbonyl (C=O) groups is 2. The number of aromatic nitrogens is 1. The molecule has 1 aromatic heterocycles. The molecule has 6 heteroatoms. The van der Waals surface area contributed by atoms with Crippen LogP contribution in [0.3, 0.4) is 0 Å². The average molecular weight is 326 g/mol. The number of halogens is 1. The SMILES string of the molecule is CC(C)[C@H](NC(=O)c1ccccn1)C(=O)N[C@H](CCl)C(C)C. The van der Waals surface area contributed by atoms with Crippen LogP contribution in [0.15, 0.2) is 24.4 Å². The molecule has 5 nitrogen and oxygen atoms in total. The molecular weight excluding hydrogens is 302 g/mol. The Balaban J connectivity index is 2.77. The van der Waals surface area contributed by atoms with Gasteiger partial charge in [0.25, 0.3) is 5.91 Å². The zero-order valence-corrected chi connectivity index (χ0v) is 14.2. The van der Waals surface area contributed by atoms with Crippen LogP contribution in [0.4, 0.5) is 0 Å². The Morgan fingerprint density at radius 3 is 2.27 bits per heavy atom. The van der Waals surface area contributed by atoms with Gasteiger partial charge in [0.05, 0.1) is 0 Å². The number of alkyl halides is 1. The van der Waals surface area contributed by atoms with Gasteiger partial charge in [-0.2, -0.15) is 0 Å². The number of rotatable bonds is 7. The van der Waals surface area contributed by atoms with Gasteiger partial charge in [-0.3, -0.25) is 14.6 Å². The number of hydrogen-bond donors (Lipinski definition) is 2. The highest BCUT2D eigenvalue weighted by atomic mass is 35.5. The van der Waals surface area contributed by atoms with E-state index in [-0.39, 0.29) is 29.7 Å². The molecule has 2 N–H and O–H groups in total. The monoisotopic (exact) mass is 325 g/mol. The summed E-state index contributed by atoms with van der Waals surface area (Å²) < 4.78 is 0. The largest absolute Gasteiger partial charge is 0.350 e. The standard InChI is InChI=1S/C16H24ClN3O2/c1-10(2)13(9-17)19-16(22)14(11(3)4)20-15(21)12-7-5-6-8-18-12/h5-8,10-11,13-14H,9H2,1-4H3,(H,19,22)(H,20,21)/t13-,14+/m1/s1. The van der Waals surface area contributed by atoms with Crippen molar-refractivity contribution in [1.82, 2.24) is 15.6 Å². The van der Waals surface area contributed by atoms with E-state index in [1.807, 2.05) is 27.7 Å². The maximum Gasteiger partial charge on any atom is 0.270 e. The molecule has 122 valence electrons. The second-order valence-electron chi connectivity index (χ2n) is 5.92. The first-order valence-electron chi connectivity index (χ1n) is 7.45. The molecule has 0 aliphatic rings. The van der Waals surface area contributed by atoms with Gasteiger partial charge in [0.15, 0.2) is 0 Å². The summed E-state index contributed by atoms with van der Waals surface area (Å²) in [6.45, 7) is 7.75. The lowest BCUT2D eigenvalue weighted by Crippen LogP contribution is -2.53. The lowest BCUT2D eigenvalue weighted by Gasteiger charge is -2.26. The van der Waals surface area contributed by atoms with Gasteiger partial charge in [-0.1, -0.05) is 33.8 Å². The normalized spacial score (nSPS) is 13.8. The minimum absolute atomic E-state index is 0.0456. The molecule has 0 aromatic carbocycles. The third-order valence-corrected chi connectivity index (χ3v) is 3.76. The number of hydrogen-bond acceptors (Lipinski definition) is 3. The quantitative estimate of drug-likeness (QED) is 0.755. The fourth-order valence-corrected chi connectivity index (χ4v) is 2.34. The van der Waals surface area contributed by atoms with Crippen LogP contribution in [-0.4, -0.2) is 34.8 Å². The first kappa shape index (κ1) is 18.4. The zero-order chi connectivity index (χ0) is 16.7. The minimum Gasteiger partial charge on any atom is -0.350 e. The summed E-state index contributed by atoms with van der Waals surface area (Å²) in [4.78, 5) is 28.6. The molecule has 22 heavy (non-hydrogen) atoms. The van der Waals surface area contributed by atoms with Gasteiger partial charge in [0.1, 0.15) is 11.7 Å². The van der Waals surface area contributed by atoms with Crippen LogP contribution < -0.4 is 10.6 Å². The molecule has 0 fully saturated rings. The molecule has 0 bridgehead atoms. The molecule has 1 heterocycles. The minimum atomic E-state index is -0.626. The van der Waals surface area contributed by atoms with Crippen molar-refractivity contribution in [2.45, 2.75) is 39.8 Å². The first-order valence-corrected chi connectivity index (χ1v) is 7.98. The van der Waals surface area contributed by atoms with E-state index < -0.39 is 6.04 Å². The van der Waals surface area contributed by atoms with Gasteiger partial charge in [-0.05, 0) is 24.0 Å². The molecule has 0 spiro atoms. The smallest absolute Gasteiger partial charge is 0.270 e. The summed E-state index contributed by atoms with van der Waals surface area (Å²) in [5.74, 6) is -0.0702. The summed E-state index contributed by atoms with van der Waals surface area (Å²) >= 11 is 5.88. The van der Waals surface area contributed by atoms with Crippen molar-refractivity contribution in [1.29, 1.82) is 0 Å². The average Bonchev–Trinajstić information content (AvgIpc) is 2.49. The van der Waals surface area contributed by atoms with Crippen molar-refractivity contribution in [3.05, 3.63) is 30.1 Å². The summed E-state index contributed by atoms with van der Waals surface area (Å²) in [7, 11) is 0. The fourth-order valence-electron chi connectivity index (χ4n) is 1.90. The predicted octanol–water partition coefficient (Wildman–Crippen LogP) is 2.22. The molecule has 1 rings (SSSR count). The van der Waals surface area contributed by atoms with E-state index in [1.54, 1.807) is 24.4 Å². The zero-order valence-electron chi connectivity index (χ0n) is 13.5. The number of pyridine rings is 1. The summed E-state index contributed by atoms with van der Waals surface area (Å²) in [5.41, 5.74) is 0.290. The summed E-state index contributed by atoms with van der Waals surface area (Å²) in [5, 5.41) is 5.64. The van der Waals surface area contributed by atoms with E-state index in [2.05, 4.69) is 15.6 Å². The van der Waals surface area contributed by atoms with Crippen LogP contribution in [0, 0.1) is 11.8 Å². The summed E-state index contributed by atoms with van der Waals surface area (Å²) in [6.07, 6.45) is 1.54. The van der Waals surface area contributed by atoms with Crippen LogP contribution >= 0.6 is 11.6 Å². The highest BCUT2D eigenvalue weighted by Gasteiger charge is 2.27. The van der Waals surface area contributed by atoms with E-state index in [4.69, 9.17) is 11.6 Å². The van der Waals surface area contributed by atoms with Gasteiger partial charge < -0.3 is 10.6 Å². The van der Waals surface area contributed by atoms with E-state index in [0.29, 0.717) is 11.6 Å². The molecule has 2 atom stereocenters. The Kier molecular flexibility index (Phi) is 7.32. The van der Waals surface area contributed by atoms with Crippen molar-refractivity contribution in [2.75, 3.05) is 5.88 Å². The fraction of sp³-hybridized carbons (Fsp3) is 0.562. The van der Waals surface area contributed by atoms with Gasteiger partial charge in [-0.25, -0.2) is 0 Å². The Labute approximate surface area is 136 Å². The second-order valence-corrected chi connectivity index (χ2v) is 6.23. The Hall–Kier alpha value is -1.62. The Morgan fingerprint density at radius 2 is 1.82 bits per heavy atom. The highest BCUT2D eigenvalue weighted by molar-refractivity contribution is 6.18. The molecule has 2 amide bonds. The first-order chi connectivity index (χ1) is 10.4. The molecule has 0 aliphatic heterocycles. The lowest BCUT2D eigenvalue weighted by molar-refractivity contribution is -0.124. The molecule has 0 saturated heterocycles. The van der Waals surface area contributed by atoms with Crippen molar-refractivity contribution >= 4 is 23.4 Å². The van der Waals surface area contributed by atoms with Crippen molar-refractivity contribution in [3.63, 3.8) is 0 Å². The van der Waals surface area contributed by atoms with E-state index in [9.17, 15) is 9.59 Å². The van der Waals surface area contributed by atoms with Crippen LogP contribution in [0.1, 0.15) is 38.2 Å². The predicted molar refractivity (Wildman–Crippen MR) is 87.8 cm³/mol. The molecular formula is C16H24ClN3O2. The topological polar surface area (TPSA) is 71.1 Å². The maximum absolute atomic E-state index is 12.4. The molecule has 0 saturated carbocycles. The van der Waals surface area contributed by atoms with Gasteiger partial charge in [0.2, 0.25) is 5.91 Å². The molecule has 0 unspecified atom stereocenters. The van der Waals surface area contributed by atoms with Gasteiger partial charge in [-0.15, -0.1) is 11.6 Å². The number of nitrogens with one attached hydrogen (secondary N) is 2.